The van der Waals surface area contributed by atoms with Crippen molar-refractivity contribution in [1.29, 1.82) is 0 Å². The van der Waals surface area contributed by atoms with Crippen molar-refractivity contribution in [1.82, 2.24) is 9.80 Å². The van der Waals surface area contributed by atoms with Gasteiger partial charge in [0.15, 0.2) is 0 Å². The SMILES string of the molecule is CCN1CCC(C(CO)CN2CCCCC2)C1. The quantitative estimate of drug-likeness (QED) is 0.787. The lowest BCUT2D eigenvalue weighted by molar-refractivity contribution is 0.111. The van der Waals surface area contributed by atoms with Crippen molar-refractivity contribution in [2.45, 2.75) is 32.6 Å². The summed E-state index contributed by atoms with van der Waals surface area (Å²) in [6.45, 7) is 9.84. The molecular weight excluding hydrogens is 212 g/mol. The summed E-state index contributed by atoms with van der Waals surface area (Å²) in [4.78, 5) is 5.09. The van der Waals surface area contributed by atoms with Gasteiger partial charge in [0, 0.05) is 19.7 Å². The molecule has 3 nitrogen and oxygen atoms in total. The lowest BCUT2D eigenvalue weighted by Crippen LogP contribution is -2.38. The predicted octanol–water partition coefficient (Wildman–Crippen LogP) is 1.42. The molecule has 0 aliphatic carbocycles. The number of likely N-dealkylation sites (tertiary alicyclic amines) is 2. The third-order valence-electron chi connectivity index (χ3n) is 4.60. The van der Waals surface area contributed by atoms with Crippen LogP contribution >= 0.6 is 0 Å². The summed E-state index contributed by atoms with van der Waals surface area (Å²) in [5.41, 5.74) is 0. The van der Waals surface area contributed by atoms with Crippen molar-refractivity contribution in [3.63, 3.8) is 0 Å². The lowest BCUT2D eigenvalue weighted by atomic mass is 9.91. The van der Waals surface area contributed by atoms with Crippen molar-refractivity contribution in [2.24, 2.45) is 11.8 Å². The largest absolute Gasteiger partial charge is 0.396 e. The Kier molecular flexibility index (Phi) is 5.26. The fraction of sp³-hybridized carbons (Fsp3) is 1.00. The van der Waals surface area contributed by atoms with E-state index in [4.69, 9.17) is 0 Å². The molecule has 2 fully saturated rings. The van der Waals surface area contributed by atoms with Gasteiger partial charge in [0.05, 0.1) is 0 Å². The van der Waals surface area contributed by atoms with E-state index < -0.39 is 0 Å². The van der Waals surface area contributed by atoms with E-state index in [2.05, 4.69) is 16.7 Å². The summed E-state index contributed by atoms with van der Waals surface area (Å²) in [5.74, 6) is 1.23. The van der Waals surface area contributed by atoms with E-state index in [1.807, 2.05) is 0 Å². The average Bonchev–Trinajstić information content (AvgIpc) is 2.86. The van der Waals surface area contributed by atoms with Gasteiger partial charge in [-0.1, -0.05) is 13.3 Å². The molecule has 2 rings (SSSR count). The summed E-state index contributed by atoms with van der Waals surface area (Å²) in [6, 6.07) is 0. The number of aliphatic hydroxyl groups excluding tert-OH is 1. The van der Waals surface area contributed by atoms with Gasteiger partial charge in [-0.05, 0) is 57.3 Å². The zero-order valence-corrected chi connectivity index (χ0v) is 11.3. The van der Waals surface area contributed by atoms with Gasteiger partial charge in [-0.15, -0.1) is 0 Å². The Morgan fingerprint density at radius 1 is 1.12 bits per heavy atom. The van der Waals surface area contributed by atoms with E-state index in [1.165, 1.54) is 58.4 Å². The van der Waals surface area contributed by atoms with Crippen LogP contribution in [0.1, 0.15) is 32.6 Å². The molecule has 2 atom stereocenters. The predicted molar refractivity (Wildman–Crippen MR) is 71.1 cm³/mol. The number of hydrogen-bond acceptors (Lipinski definition) is 3. The molecule has 2 aliphatic heterocycles. The molecule has 1 N–H and O–H groups in total. The number of nitrogens with zero attached hydrogens (tertiary/aromatic N) is 2. The van der Waals surface area contributed by atoms with Crippen LogP contribution in [-0.4, -0.2) is 60.8 Å². The minimum atomic E-state index is 0.374. The fourth-order valence-corrected chi connectivity index (χ4v) is 3.36. The van der Waals surface area contributed by atoms with E-state index in [1.54, 1.807) is 0 Å². The second kappa shape index (κ2) is 6.72. The summed E-state index contributed by atoms with van der Waals surface area (Å²) >= 11 is 0. The third-order valence-corrected chi connectivity index (χ3v) is 4.60. The zero-order valence-electron chi connectivity index (χ0n) is 11.3. The number of rotatable bonds is 5. The van der Waals surface area contributed by atoms with Crippen LogP contribution in [0.2, 0.25) is 0 Å². The third kappa shape index (κ3) is 3.67. The lowest BCUT2D eigenvalue weighted by Gasteiger charge is -2.32. The first-order valence-corrected chi connectivity index (χ1v) is 7.39. The first-order chi connectivity index (χ1) is 8.33. The van der Waals surface area contributed by atoms with Gasteiger partial charge in [-0.2, -0.15) is 0 Å². The van der Waals surface area contributed by atoms with Crippen molar-refractivity contribution in [3.8, 4) is 0 Å². The summed E-state index contributed by atoms with van der Waals surface area (Å²) < 4.78 is 0. The molecule has 0 spiro atoms. The van der Waals surface area contributed by atoms with Gasteiger partial charge in [-0.3, -0.25) is 0 Å². The molecule has 17 heavy (non-hydrogen) atoms. The normalized spacial score (nSPS) is 29.6. The van der Waals surface area contributed by atoms with Crippen LogP contribution in [0.5, 0.6) is 0 Å². The van der Waals surface area contributed by atoms with Gasteiger partial charge in [-0.25, -0.2) is 0 Å². The number of piperidine rings is 1. The molecule has 2 saturated heterocycles. The maximum Gasteiger partial charge on any atom is 0.0474 e. The Morgan fingerprint density at radius 3 is 2.47 bits per heavy atom. The van der Waals surface area contributed by atoms with Crippen molar-refractivity contribution in [2.75, 3.05) is 45.9 Å². The van der Waals surface area contributed by atoms with Crippen LogP contribution in [-0.2, 0) is 0 Å². The highest BCUT2D eigenvalue weighted by Gasteiger charge is 2.29. The summed E-state index contributed by atoms with van der Waals surface area (Å²) in [5, 5.41) is 9.63. The van der Waals surface area contributed by atoms with Gasteiger partial charge in [0.1, 0.15) is 0 Å². The van der Waals surface area contributed by atoms with Crippen LogP contribution in [0.25, 0.3) is 0 Å². The van der Waals surface area contributed by atoms with Crippen LogP contribution < -0.4 is 0 Å². The van der Waals surface area contributed by atoms with Crippen LogP contribution in [0.4, 0.5) is 0 Å². The Balaban J connectivity index is 1.79. The van der Waals surface area contributed by atoms with E-state index in [0.717, 1.165) is 12.5 Å². The van der Waals surface area contributed by atoms with Gasteiger partial charge in [0.2, 0.25) is 0 Å². The summed E-state index contributed by atoms with van der Waals surface area (Å²) in [7, 11) is 0. The van der Waals surface area contributed by atoms with Crippen molar-refractivity contribution < 1.29 is 5.11 Å². The van der Waals surface area contributed by atoms with E-state index in [0.29, 0.717) is 12.5 Å². The Morgan fingerprint density at radius 2 is 1.88 bits per heavy atom. The smallest absolute Gasteiger partial charge is 0.0474 e. The second-order valence-electron chi connectivity index (χ2n) is 5.75. The van der Waals surface area contributed by atoms with Crippen molar-refractivity contribution >= 4 is 0 Å². The maximum atomic E-state index is 9.63. The molecule has 2 aliphatic rings. The van der Waals surface area contributed by atoms with Crippen molar-refractivity contribution in [3.05, 3.63) is 0 Å². The molecule has 0 aromatic heterocycles. The molecule has 3 heteroatoms. The van der Waals surface area contributed by atoms with Gasteiger partial charge in [0.25, 0.3) is 0 Å². The van der Waals surface area contributed by atoms with Gasteiger partial charge >= 0.3 is 0 Å². The Hall–Kier alpha value is -0.120. The first kappa shape index (κ1) is 13.3. The molecule has 2 heterocycles. The Bertz CT molecular complexity index is 216. The monoisotopic (exact) mass is 240 g/mol. The Labute approximate surface area is 106 Å². The molecule has 0 saturated carbocycles. The van der Waals surface area contributed by atoms with E-state index >= 15 is 0 Å². The van der Waals surface area contributed by atoms with Crippen LogP contribution in [0.15, 0.2) is 0 Å². The number of hydrogen-bond donors (Lipinski definition) is 1. The highest BCUT2D eigenvalue weighted by atomic mass is 16.3. The molecule has 0 amide bonds. The second-order valence-corrected chi connectivity index (χ2v) is 5.75. The highest BCUT2D eigenvalue weighted by molar-refractivity contribution is 4.82. The zero-order chi connectivity index (χ0) is 12.1. The fourth-order valence-electron chi connectivity index (χ4n) is 3.36. The minimum Gasteiger partial charge on any atom is -0.396 e. The molecule has 0 aromatic rings. The summed E-state index contributed by atoms with van der Waals surface area (Å²) in [6.07, 6.45) is 5.38. The molecule has 100 valence electrons. The molecule has 2 unspecified atom stereocenters. The van der Waals surface area contributed by atoms with Crippen LogP contribution in [0, 0.1) is 11.8 Å². The minimum absolute atomic E-state index is 0.374. The topological polar surface area (TPSA) is 26.7 Å². The average molecular weight is 240 g/mol. The molecule has 0 radical (unpaired) electrons. The first-order valence-electron chi connectivity index (χ1n) is 7.39. The maximum absolute atomic E-state index is 9.63. The molecule has 0 aromatic carbocycles. The van der Waals surface area contributed by atoms with E-state index in [9.17, 15) is 5.11 Å². The number of aliphatic hydroxyl groups is 1. The highest BCUT2D eigenvalue weighted by Crippen LogP contribution is 2.25. The standard InChI is InChI=1S/C14H28N2O/c1-2-15-9-6-13(10-15)14(12-17)11-16-7-4-3-5-8-16/h13-14,17H,2-12H2,1H3. The molecular formula is C14H28N2O. The van der Waals surface area contributed by atoms with Crippen LogP contribution in [0.3, 0.4) is 0 Å². The van der Waals surface area contributed by atoms with E-state index in [-0.39, 0.29) is 0 Å². The molecule has 0 bridgehead atoms. The van der Waals surface area contributed by atoms with Gasteiger partial charge < -0.3 is 14.9 Å².